The summed E-state index contributed by atoms with van der Waals surface area (Å²) in [6.45, 7) is 4.77. The average molecular weight is 459 g/mol. The van der Waals surface area contributed by atoms with E-state index in [-0.39, 0.29) is 37.5 Å². The Morgan fingerprint density at radius 2 is 1.88 bits per heavy atom. The second-order valence-electron chi connectivity index (χ2n) is 9.88. The first-order valence-electron chi connectivity index (χ1n) is 11.6. The van der Waals surface area contributed by atoms with Crippen LogP contribution in [0.25, 0.3) is 0 Å². The van der Waals surface area contributed by atoms with Crippen LogP contribution in [0.2, 0.25) is 0 Å². The SMILES string of the molecule is CC(C)CO/N=C1\C[C@@H](O)[C@@H](O)[C@@H]2[C@@H]3C(=O)N(Cc4ccc5c(c4)OCO5)C(=O)[C@@H]3CC[C@H]12. The smallest absolute Gasteiger partial charge is 0.233 e. The van der Waals surface area contributed by atoms with E-state index in [4.69, 9.17) is 14.3 Å². The van der Waals surface area contributed by atoms with Crippen molar-refractivity contribution in [3.05, 3.63) is 23.8 Å². The molecular weight excluding hydrogens is 428 g/mol. The van der Waals surface area contributed by atoms with E-state index in [0.29, 0.717) is 42.6 Å². The van der Waals surface area contributed by atoms with Gasteiger partial charge in [-0.15, -0.1) is 0 Å². The lowest BCUT2D eigenvalue weighted by Gasteiger charge is -2.45. The van der Waals surface area contributed by atoms with Crippen molar-refractivity contribution in [2.24, 2.45) is 34.7 Å². The van der Waals surface area contributed by atoms with Crippen LogP contribution in [0.4, 0.5) is 0 Å². The maximum absolute atomic E-state index is 13.5. The van der Waals surface area contributed by atoms with Gasteiger partial charge in [0.15, 0.2) is 11.5 Å². The molecule has 1 aromatic rings. The number of aliphatic hydroxyl groups excluding tert-OH is 2. The molecule has 178 valence electrons. The summed E-state index contributed by atoms with van der Waals surface area (Å²) in [6, 6.07) is 5.37. The number of carbonyl (C=O) groups excluding carboxylic acids is 2. The van der Waals surface area contributed by atoms with Crippen LogP contribution < -0.4 is 9.47 Å². The van der Waals surface area contributed by atoms with Gasteiger partial charge >= 0.3 is 0 Å². The Morgan fingerprint density at radius 3 is 2.67 bits per heavy atom. The van der Waals surface area contributed by atoms with Crippen LogP contribution in [0.5, 0.6) is 11.5 Å². The minimum Gasteiger partial charge on any atom is -0.454 e. The van der Waals surface area contributed by atoms with Gasteiger partial charge in [0.1, 0.15) is 6.61 Å². The predicted molar refractivity (Wildman–Crippen MR) is 116 cm³/mol. The summed E-state index contributed by atoms with van der Waals surface area (Å²) in [5, 5.41) is 25.7. The molecule has 0 spiro atoms. The minimum absolute atomic E-state index is 0.135. The summed E-state index contributed by atoms with van der Waals surface area (Å²) < 4.78 is 10.7. The van der Waals surface area contributed by atoms with E-state index in [2.05, 4.69) is 5.16 Å². The van der Waals surface area contributed by atoms with Gasteiger partial charge in [-0.25, -0.2) is 0 Å². The third-order valence-electron chi connectivity index (χ3n) is 7.24. The molecular formula is C24H30N2O7. The predicted octanol–water partition coefficient (Wildman–Crippen LogP) is 1.70. The van der Waals surface area contributed by atoms with Crippen LogP contribution in [0.3, 0.4) is 0 Å². The molecule has 2 aliphatic carbocycles. The summed E-state index contributed by atoms with van der Waals surface area (Å²) in [4.78, 5) is 33.5. The molecule has 1 saturated heterocycles. The molecule has 9 heteroatoms. The Labute approximate surface area is 192 Å². The topological polar surface area (TPSA) is 118 Å². The van der Waals surface area contributed by atoms with Crippen LogP contribution in [0.1, 0.15) is 38.7 Å². The highest BCUT2D eigenvalue weighted by molar-refractivity contribution is 6.06. The fourth-order valence-corrected chi connectivity index (χ4v) is 5.69. The highest BCUT2D eigenvalue weighted by atomic mass is 16.7. The third kappa shape index (κ3) is 3.87. The quantitative estimate of drug-likeness (QED) is 0.509. The van der Waals surface area contributed by atoms with Crippen molar-refractivity contribution in [2.45, 2.75) is 51.9 Å². The molecule has 33 heavy (non-hydrogen) atoms. The molecule has 6 atom stereocenters. The van der Waals surface area contributed by atoms with Gasteiger partial charge in [0.2, 0.25) is 18.6 Å². The number of carbonyl (C=O) groups is 2. The number of nitrogens with zero attached hydrogens (tertiary/aromatic N) is 2. The number of benzene rings is 1. The Morgan fingerprint density at radius 1 is 1.12 bits per heavy atom. The molecule has 3 fully saturated rings. The number of likely N-dealkylation sites (tertiary alicyclic amines) is 1. The summed E-state index contributed by atoms with van der Waals surface area (Å²) in [5.74, 6) is -0.908. The molecule has 0 bridgehead atoms. The molecule has 2 heterocycles. The molecule has 0 aromatic heterocycles. The molecule has 0 unspecified atom stereocenters. The van der Waals surface area contributed by atoms with Crippen molar-refractivity contribution in [1.82, 2.24) is 4.90 Å². The van der Waals surface area contributed by atoms with Crippen molar-refractivity contribution in [3.8, 4) is 11.5 Å². The van der Waals surface area contributed by atoms with Crippen LogP contribution in [-0.4, -0.2) is 58.2 Å². The van der Waals surface area contributed by atoms with E-state index in [1.807, 2.05) is 19.9 Å². The Bertz CT molecular complexity index is 978. The standard InChI is InChI=1S/C24H30N2O7/c1-12(2)10-33-25-16-8-17(27)22(28)20-14(16)4-5-15-21(20)24(30)26(23(15)29)9-13-3-6-18-19(7-13)32-11-31-18/h3,6-7,12,14-15,17,20-22,27-28H,4-5,8-11H2,1-2H3/b25-16+/t14-,15-,17-,20+,21-,22-/m1/s1. The third-order valence-corrected chi connectivity index (χ3v) is 7.24. The van der Waals surface area contributed by atoms with Gasteiger partial charge in [-0.05, 0) is 36.5 Å². The molecule has 2 N–H and O–H groups in total. The van der Waals surface area contributed by atoms with E-state index in [9.17, 15) is 19.8 Å². The molecule has 0 radical (unpaired) electrons. The van der Waals surface area contributed by atoms with Crippen LogP contribution >= 0.6 is 0 Å². The van der Waals surface area contributed by atoms with Crippen LogP contribution in [-0.2, 0) is 21.0 Å². The zero-order chi connectivity index (χ0) is 23.3. The van der Waals surface area contributed by atoms with Gasteiger partial charge in [0, 0.05) is 18.3 Å². The number of hydrogen-bond donors (Lipinski definition) is 2. The normalized spacial score (nSPS) is 34.1. The Balaban J connectivity index is 1.38. The maximum Gasteiger partial charge on any atom is 0.233 e. The zero-order valence-corrected chi connectivity index (χ0v) is 18.8. The van der Waals surface area contributed by atoms with E-state index in [1.165, 1.54) is 4.90 Å². The van der Waals surface area contributed by atoms with Crippen molar-refractivity contribution in [2.75, 3.05) is 13.4 Å². The number of fused-ring (bicyclic) bond motifs is 4. The fraction of sp³-hybridized carbons (Fsp3) is 0.625. The van der Waals surface area contributed by atoms with Gasteiger partial charge in [-0.3, -0.25) is 14.5 Å². The lowest BCUT2D eigenvalue weighted by Crippen LogP contribution is -2.54. The monoisotopic (exact) mass is 458 g/mol. The molecule has 2 saturated carbocycles. The van der Waals surface area contributed by atoms with E-state index in [1.54, 1.807) is 12.1 Å². The van der Waals surface area contributed by atoms with Crippen molar-refractivity contribution in [1.29, 1.82) is 0 Å². The van der Waals surface area contributed by atoms with Gasteiger partial charge in [0.05, 0.1) is 36.3 Å². The number of amides is 2. The van der Waals surface area contributed by atoms with Gasteiger partial charge < -0.3 is 24.5 Å². The molecule has 4 aliphatic rings. The van der Waals surface area contributed by atoms with Gasteiger partial charge in [-0.1, -0.05) is 25.1 Å². The van der Waals surface area contributed by atoms with Crippen molar-refractivity contribution in [3.63, 3.8) is 0 Å². The Hall–Kier alpha value is -2.65. The second kappa shape index (κ2) is 8.61. The van der Waals surface area contributed by atoms with Gasteiger partial charge in [0.25, 0.3) is 0 Å². The van der Waals surface area contributed by atoms with Crippen molar-refractivity contribution >= 4 is 17.5 Å². The largest absolute Gasteiger partial charge is 0.454 e. The average Bonchev–Trinajstić information content (AvgIpc) is 3.35. The fourth-order valence-electron chi connectivity index (χ4n) is 5.69. The first kappa shape index (κ1) is 22.2. The molecule has 2 aliphatic heterocycles. The number of aliphatic hydroxyl groups is 2. The number of rotatable bonds is 5. The summed E-state index contributed by atoms with van der Waals surface area (Å²) in [7, 11) is 0. The van der Waals surface area contributed by atoms with Crippen LogP contribution in [0.15, 0.2) is 23.4 Å². The summed E-state index contributed by atoms with van der Waals surface area (Å²) in [6.07, 6.45) is -0.761. The van der Waals surface area contributed by atoms with E-state index < -0.39 is 30.0 Å². The lowest BCUT2D eigenvalue weighted by molar-refractivity contribution is -0.142. The second-order valence-corrected chi connectivity index (χ2v) is 9.88. The lowest BCUT2D eigenvalue weighted by atomic mass is 9.60. The number of oxime groups is 1. The highest BCUT2D eigenvalue weighted by Gasteiger charge is 2.59. The summed E-state index contributed by atoms with van der Waals surface area (Å²) in [5.41, 5.74) is 1.44. The molecule has 5 rings (SSSR count). The maximum atomic E-state index is 13.5. The molecule has 1 aromatic carbocycles. The molecule has 9 nitrogen and oxygen atoms in total. The first-order valence-corrected chi connectivity index (χ1v) is 11.6. The zero-order valence-electron chi connectivity index (χ0n) is 18.8. The van der Waals surface area contributed by atoms with Crippen molar-refractivity contribution < 1.29 is 34.1 Å². The molecule has 2 amide bonds. The number of ether oxygens (including phenoxy) is 2. The van der Waals surface area contributed by atoms with E-state index in [0.717, 1.165) is 5.56 Å². The van der Waals surface area contributed by atoms with Crippen LogP contribution in [0, 0.1) is 29.6 Å². The van der Waals surface area contributed by atoms with Gasteiger partial charge in [-0.2, -0.15) is 0 Å². The Kier molecular flexibility index (Phi) is 5.78. The number of hydrogen-bond acceptors (Lipinski definition) is 8. The number of imide groups is 1. The summed E-state index contributed by atoms with van der Waals surface area (Å²) >= 11 is 0. The van der Waals surface area contributed by atoms with E-state index >= 15 is 0 Å². The highest BCUT2D eigenvalue weighted by Crippen LogP contribution is 2.50. The first-order chi connectivity index (χ1) is 15.8. The minimum atomic E-state index is -1.09.